The normalized spacial score (nSPS) is 11.5. The minimum Gasteiger partial charge on any atom is -0.495 e. The monoisotopic (exact) mass is 376 g/mol. The van der Waals surface area contributed by atoms with Gasteiger partial charge in [0.15, 0.2) is 0 Å². The second-order valence-corrected chi connectivity index (χ2v) is 8.03. The van der Waals surface area contributed by atoms with Crippen LogP contribution in [0.4, 0.5) is 5.69 Å². The zero-order valence-electron chi connectivity index (χ0n) is 13.6. The third-order valence-electron chi connectivity index (χ3n) is 3.80. The Labute approximate surface area is 149 Å². The van der Waals surface area contributed by atoms with Gasteiger partial charge in [-0.25, -0.2) is 13.6 Å². The minimum atomic E-state index is -3.88. The number of hydrogen-bond donors (Lipinski definition) is 2. The van der Waals surface area contributed by atoms with Crippen molar-refractivity contribution in [3.63, 3.8) is 0 Å². The van der Waals surface area contributed by atoms with E-state index in [1.807, 2.05) is 31.2 Å². The highest BCUT2D eigenvalue weighted by Crippen LogP contribution is 2.33. The third-order valence-corrected chi connectivity index (χ3v) is 5.98. The number of nitrogens with one attached hydrogen (secondary N) is 1. The summed E-state index contributed by atoms with van der Waals surface area (Å²) >= 11 is 1.38. The maximum absolute atomic E-state index is 12.7. The van der Waals surface area contributed by atoms with Crippen LogP contribution in [0.1, 0.15) is 15.2 Å². The highest BCUT2D eigenvalue weighted by molar-refractivity contribution is 7.89. The number of amides is 1. The van der Waals surface area contributed by atoms with E-state index in [2.05, 4.69) is 5.32 Å². The van der Waals surface area contributed by atoms with E-state index < -0.39 is 10.0 Å². The minimum absolute atomic E-state index is 0.100. The summed E-state index contributed by atoms with van der Waals surface area (Å²) in [6.07, 6.45) is 0. The lowest BCUT2D eigenvalue weighted by molar-refractivity contribution is 0.102. The molecule has 1 heterocycles. The molecule has 1 amide bonds. The lowest BCUT2D eigenvalue weighted by Gasteiger charge is -2.11. The number of nitrogens with two attached hydrogens (primary N) is 1. The van der Waals surface area contributed by atoms with Crippen molar-refractivity contribution in [1.82, 2.24) is 0 Å². The van der Waals surface area contributed by atoms with Crippen molar-refractivity contribution in [3.05, 3.63) is 52.9 Å². The summed E-state index contributed by atoms with van der Waals surface area (Å²) in [4.78, 5) is 13.2. The maximum atomic E-state index is 12.7. The van der Waals surface area contributed by atoms with E-state index >= 15 is 0 Å². The van der Waals surface area contributed by atoms with Gasteiger partial charge in [0.2, 0.25) is 10.0 Å². The fourth-order valence-electron chi connectivity index (χ4n) is 2.53. The van der Waals surface area contributed by atoms with Crippen LogP contribution in [0.5, 0.6) is 5.75 Å². The van der Waals surface area contributed by atoms with Gasteiger partial charge in [-0.2, -0.15) is 0 Å². The lowest BCUT2D eigenvalue weighted by Crippen LogP contribution is -2.15. The van der Waals surface area contributed by atoms with E-state index in [1.54, 1.807) is 0 Å². The molecule has 0 radical (unpaired) electrons. The SMILES string of the molecule is COc1ccc(S(N)(=O)=O)cc1NC(=O)c1sc2ccccc2c1C. The van der Waals surface area contributed by atoms with Crippen molar-refractivity contribution in [1.29, 1.82) is 0 Å². The molecule has 0 spiro atoms. The summed E-state index contributed by atoms with van der Waals surface area (Å²) in [6, 6.07) is 11.8. The second kappa shape index (κ2) is 6.47. The van der Waals surface area contributed by atoms with Gasteiger partial charge in [0.1, 0.15) is 5.75 Å². The summed E-state index contributed by atoms with van der Waals surface area (Å²) in [5.41, 5.74) is 1.12. The highest BCUT2D eigenvalue weighted by Gasteiger charge is 2.18. The standard InChI is InChI=1S/C17H16N2O4S2/c1-10-12-5-3-4-6-15(12)24-16(10)17(20)19-13-9-11(25(18,21)22)7-8-14(13)23-2/h3-9H,1-2H3,(H,19,20)(H2,18,21,22). The molecule has 3 aromatic rings. The van der Waals surface area contributed by atoms with E-state index in [0.29, 0.717) is 10.6 Å². The highest BCUT2D eigenvalue weighted by atomic mass is 32.2. The van der Waals surface area contributed by atoms with Gasteiger partial charge in [0.25, 0.3) is 5.91 Å². The van der Waals surface area contributed by atoms with Gasteiger partial charge in [0.05, 0.1) is 22.6 Å². The fraction of sp³-hybridized carbons (Fsp3) is 0.118. The van der Waals surface area contributed by atoms with Gasteiger partial charge >= 0.3 is 0 Å². The molecule has 0 bridgehead atoms. The summed E-state index contributed by atoms with van der Waals surface area (Å²) < 4.78 is 29.3. The number of ether oxygens (including phenoxy) is 1. The molecule has 1 aromatic heterocycles. The number of fused-ring (bicyclic) bond motifs is 1. The van der Waals surface area contributed by atoms with Crippen molar-refractivity contribution in [2.45, 2.75) is 11.8 Å². The number of benzene rings is 2. The van der Waals surface area contributed by atoms with Crippen LogP contribution in [-0.4, -0.2) is 21.4 Å². The number of hydrogen-bond acceptors (Lipinski definition) is 5. The zero-order valence-corrected chi connectivity index (χ0v) is 15.2. The van der Waals surface area contributed by atoms with Gasteiger partial charge < -0.3 is 10.1 Å². The summed E-state index contributed by atoms with van der Waals surface area (Å²) in [5.74, 6) is 0.0167. The molecule has 0 fully saturated rings. The number of carbonyl (C=O) groups excluding carboxylic acids is 1. The first-order chi connectivity index (χ1) is 11.8. The first kappa shape index (κ1) is 17.4. The van der Waals surface area contributed by atoms with Gasteiger partial charge in [-0.1, -0.05) is 18.2 Å². The molecule has 3 rings (SSSR count). The molecule has 0 aliphatic carbocycles. The molecule has 2 aromatic carbocycles. The molecule has 0 aliphatic rings. The van der Waals surface area contributed by atoms with Crippen LogP contribution in [0.2, 0.25) is 0 Å². The van der Waals surface area contributed by atoms with Crippen LogP contribution in [0.25, 0.3) is 10.1 Å². The van der Waals surface area contributed by atoms with E-state index in [9.17, 15) is 13.2 Å². The molecule has 0 aliphatic heterocycles. The third kappa shape index (κ3) is 3.37. The smallest absolute Gasteiger partial charge is 0.266 e. The molecule has 8 heteroatoms. The molecule has 0 saturated heterocycles. The fourth-order valence-corrected chi connectivity index (χ4v) is 4.18. The van der Waals surface area contributed by atoms with Crippen LogP contribution < -0.4 is 15.2 Å². The Morgan fingerprint density at radius 3 is 2.56 bits per heavy atom. The molecule has 0 unspecified atom stereocenters. The first-order valence-electron chi connectivity index (χ1n) is 7.31. The van der Waals surface area contributed by atoms with Gasteiger partial charge in [0, 0.05) is 4.70 Å². The quantitative estimate of drug-likeness (QED) is 0.731. The number of anilines is 1. The Morgan fingerprint density at radius 1 is 1.20 bits per heavy atom. The van der Waals surface area contributed by atoms with Crippen LogP contribution in [0, 0.1) is 6.92 Å². The van der Waals surface area contributed by atoms with E-state index in [1.165, 1.54) is 36.6 Å². The summed E-state index contributed by atoms with van der Waals surface area (Å²) in [7, 11) is -2.45. The predicted molar refractivity (Wildman–Crippen MR) is 98.9 cm³/mol. The van der Waals surface area contributed by atoms with Crippen LogP contribution in [0.15, 0.2) is 47.4 Å². The van der Waals surface area contributed by atoms with Crippen molar-refractivity contribution in [3.8, 4) is 5.75 Å². The van der Waals surface area contributed by atoms with Gasteiger partial charge in [-0.05, 0) is 42.1 Å². The summed E-state index contributed by atoms with van der Waals surface area (Å²) in [5, 5.41) is 8.89. The molecule has 25 heavy (non-hydrogen) atoms. The van der Waals surface area contributed by atoms with E-state index in [4.69, 9.17) is 9.88 Å². The molecule has 0 atom stereocenters. The molecular weight excluding hydrogens is 360 g/mol. The van der Waals surface area contributed by atoms with Crippen molar-refractivity contribution < 1.29 is 17.9 Å². The topological polar surface area (TPSA) is 98.5 Å². The average Bonchev–Trinajstić information content (AvgIpc) is 2.91. The Morgan fingerprint density at radius 2 is 1.92 bits per heavy atom. The summed E-state index contributed by atoms with van der Waals surface area (Å²) in [6.45, 7) is 1.88. The molecule has 6 nitrogen and oxygen atoms in total. The predicted octanol–water partition coefficient (Wildman–Crippen LogP) is 3.12. The molecule has 0 saturated carbocycles. The Hall–Kier alpha value is -2.42. The van der Waals surface area contributed by atoms with Crippen molar-refractivity contribution in [2.75, 3.05) is 12.4 Å². The zero-order chi connectivity index (χ0) is 18.2. The molecule has 130 valence electrons. The van der Waals surface area contributed by atoms with Crippen molar-refractivity contribution >= 4 is 43.0 Å². The van der Waals surface area contributed by atoms with Gasteiger partial charge in [-0.3, -0.25) is 4.79 Å². The number of rotatable bonds is 4. The Kier molecular flexibility index (Phi) is 4.51. The van der Waals surface area contributed by atoms with Crippen LogP contribution >= 0.6 is 11.3 Å². The average molecular weight is 376 g/mol. The Balaban J connectivity index is 2.01. The number of thiophene rings is 1. The second-order valence-electron chi connectivity index (χ2n) is 5.41. The lowest BCUT2D eigenvalue weighted by atomic mass is 10.1. The van der Waals surface area contributed by atoms with E-state index in [-0.39, 0.29) is 16.5 Å². The Bertz CT molecular complexity index is 1070. The maximum Gasteiger partial charge on any atom is 0.266 e. The first-order valence-corrected chi connectivity index (χ1v) is 9.68. The van der Waals surface area contributed by atoms with Gasteiger partial charge in [-0.15, -0.1) is 11.3 Å². The number of carbonyl (C=O) groups is 1. The van der Waals surface area contributed by atoms with E-state index in [0.717, 1.165) is 15.6 Å². The molecule has 3 N–H and O–H groups in total. The van der Waals surface area contributed by atoms with Crippen molar-refractivity contribution in [2.24, 2.45) is 5.14 Å². The number of sulfonamides is 1. The molecular formula is C17H16N2O4S2. The number of primary sulfonamides is 1. The van der Waals surface area contributed by atoms with Crippen LogP contribution in [0.3, 0.4) is 0 Å². The number of methoxy groups -OCH3 is 1. The van der Waals surface area contributed by atoms with Crippen LogP contribution in [-0.2, 0) is 10.0 Å². The number of aryl methyl sites for hydroxylation is 1. The largest absolute Gasteiger partial charge is 0.495 e.